The summed E-state index contributed by atoms with van der Waals surface area (Å²) in [4.78, 5) is 4.44. The summed E-state index contributed by atoms with van der Waals surface area (Å²) in [5, 5.41) is 15.1. The molecule has 1 fully saturated rings. The zero-order valence-electron chi connectivity index (χ0n) is 11.0. The molecule has 0 aliphatic heterocycles. The fourth-order valence-corrected chi connectivity index (χ4v) is 2.55. The number of fused-ring (bicyclic) bond motifs is 1. The Labute approximate surface area is 116 Å². The Bertz CT molecular complexity index is 774. The molecule has 1 aliphatic rings. The SMILES string of the molecule is OCc1cc(-n2ccc(C3CC3)n2)c2ccccc2n1. The van der Waals surface area contributed by atoms with Gasteiger partial charge in [0.05, 0.1) is 29.2 Å². The van der Waals surface area contributed by atoms with Crippen LogP contribution in [0, 0.1) is 0 Å². The first-order valence-electron chi connectivity index (χ1n) is 6.90. The normalized spacial score (nSPS) is 14.8. The van der Waals surface area contributed by atoms with Crippen LogP contribution in [0.25, 0.3) is 16.6 Å². The van der Waals surface area contributed by atoms with Crippen LogP contribution in [0.15, 0.2) is 42.6 Å². The van der Waals surface area contributed by atoms with Crippen molar-refractivity contribution >= 4 is 10.9 Å². The van der Waals surface area contributed by atoms with Crippen molar-refractivity contribution in [1.29, 1.82) is 0 Å². The maximum Gasteiger partial charge on any atom is 0.0854 e. The molecule has 4 nitrogen and oxygen atoms in total. The van der Waals surface area contributed by atoms with E-state index in [0.29, 0.717) is 11.6 Å². The largest absolute Gasteiger partial charge is 0.390 e. The third-order valence-corrected chi connectivity index (χ3v) is 3.76. The number of nitrogens with zero attached hydrogens (tertiary/aromatic N) is 3. The van der Waals surface area contributed by atoms with Gasteiger partial charge in [-0.2, -0.15) is 5.10 Å². The van der Waals surface area contributed by atoms with Crippen molar-refractivity contribution in [2.75, 3.05) is 0 Å². The molecule has 0 bridgehead atoms. The molecular formula is C16H15N3O. The minimum Gasteiger partial charge on any atom is -0.390 e. The van der Waals surface area contributed by atoms with Gasteiger partial charge in [-0.25, -0.2) is 4.68 Å². The van der Waals surface area contributed by atoms with E-state index in [0.717, 1.165) is 22.3 Å². The maximum absolute atomic E-state index is 9.38. The van der Waals surface area contributed by atoms with Gasteiger partial charge in [0.2, 0.25) is 0 Å². The van der Waals surface area contributed by atoms with Crippen molar-refractivity contribution in [3.8, 4) is 5.69 Å². The lowest BCUT2D eigenvalue weighted by atomic mass is 10.1. The van der Waals surface area contributed by atoms with Crippen molar-refractivity contribution in [2.45, 2.75) is 25.4 Å². The first-order valence-corrected chi connectivity index (χ1v) is 6.90. The summed E-state index contributed by atoms with van der Waals surface area (Å²) in [5.74, 6) is 0.640. The van der Waals surface area contributed by atoms with Crippen LogP contribution in [-0.4, -0.2) is 19.9 Å². The van der Waals surface area contributed by atoms with Crippen molar-refractivity contribution in [1.82, 2.24) is 14.8 Å². The third-order valence-electron chi connectivity index (χ3n) is 3.76. The molecule has 20 heavy (non-hydrogen) atoms. The summed E-state index contributed by atoms with van der Waals surface area (Å²) in [6.45, 7) is -0.0609. The van der Waals surface area contributed by atoms with E-state index in [2.05, 4.69) is 16.1 Å². The molecule has 0 amide bonds. The second-order valence-electron chi connectivity index (χ2n) is 5.27. The lowest BCUT2D eigenvalue weighted by Gasteiger charge is -2.08. The van der Waals surface area contributed by atoms with E-state index in [1.807, 2.05) is 41.2 Å². The predicted molar refractivity (Wildman–Crippen MR) is 76.8 cm³/mol. The summed E-state index contributed by atoms with van der Waals surface area (Å²) in [7, 11) is 0. The molecule has 0 saturated heterocycles. The molecular weight excluding hydrogens is 250 g/mol. The Balaban J connectivity index is 1.91. The Morgan fingerprint density at radius 1 is 1.20 bits per heavy atom. The van der Waals surface area contributed by atoms with E-state index < -0.39 is 0 Å². The topological polar surface area (TPSA) is 50.9 Å². The van der Waals surface area contributed by atoms with E-state index in [1.165, 1.54) is 12.8 Å². The first kappa shape index (κ1) is 11.6. The molecule has 100 valence electrons. The smallest absolute Gasteiger partial charge is 0.0854 e. The van der Waals surface area contributed by atoms with Crippen LogP contribution < -0.4 is 0 Å². The van der Waals surface area contributed by atoms with E-state index in [1.54, 1.807) is 0 Å². The quantitative estimate of drug-likeness (QED) is 0.792. The van der Waals surface area contributed by atoms with Crippen molar-refractivity contribution < 1.29 is 5.11 Å². The molecule has 0 radical (unpaired) electrons. The van der Waals surface area contributed by atoms with Gasteiger partial charge in [-0.3, -0.25) is 4.98 Å². The lowest BCUT2D eigenvalue weighted by Crippen LogP contribution is -2.01. The highest BCUT2D eigenvalue weighted by Gasteiger charge is 2.26. The van der Waals surface area contributed by atoms with Gasteiger partial charge < -0.3 is 5.11 Å². The van der Waals surface area contributed by atoms with Gasteiger partial charge in [0.15, 0.2) is 0 Å². The molecule has 0 atom stereocenters. The Hall–Kier alpha value is -2.20. The maximum atomic E-state index is 9.38. The van der Waals surface area contributed by atoms with E-state index in [4.69, 9.17) is 0 Å². The van der Waals surface area contributed by atoms with E-state index in [9.17, 15) is 5.11 Å². The second-order valence-corrected chi connectivity index (χ2v) is 5.27. The average molecular weight is 265 g/mol. The fraction of sp³-hybridized carbons (Fsp3) is 0.250. The number of aliphatic hydroxyl groups is 1. The number of benzene rings is 1. The van der Waals surface area contributed by atoms with Crippen molar-refractivity contribution in [3.63, 3.8) is 0 Å². The summed E-state index contributed by atoms with van der Waals surface area (Å²) >= 11 is 0. The number of aliphatic hydroxyl groups excluding tert-OH is 1. The van der Waals surface area contributed by atoms with E-state index >= 15 is 0 Å². The molecule has 2 heterocycles. The van der Waals surface area contributed by atoms with Crippen LogP contribution in [0.4, 0.5) is 0 Å². The molecule has 4 heteroatoms. The van der Waals surface area contributed by atoms with Gasteiger partial charge in [0, 0.05) is 17.5 Å². The molecule has 3 aromatic rings. The van der Waals surface area contributed by atoms with Crippen LogP contribution in [0.5, 0.6) is 0 Å². The highest BCUT2D eigenvalue weighted by molar-refractivity contribution is 5.87. The van der Waals surface area contributed by atoms with Gasteiger partial charge >= 0.3 is 0 Å². The minimum atomic E-state index is -0.0609. The van der Waals surface area contributed by atoms with Crippen LogP contribution in [-0.2, 0) is 6.61 Å². The standard InChI is InChI=1S/C16H15N3O/c20-10-12-9-16(13-3-1-2-4-15(13)17-12)19-8-7-14(18-19)11-5-6-11/h1-4,7-9,11,20H,5-6,10H2. The average Bonchev–Trinajstić information content (AvgIpc) is 3.24. The van der Waals surface area contributed by atoms with Gasteiger partial charge in [-0.15, -0.1) is 0 Å². The first-order chi connectivity index (χ1) is 9.85. The summed E-state index contributed by atoms with van der Waals surface area (Å²) in [5.41, 5.74) is 3.70. The molecule has 2 aromatic heterocycles. The van der Waals surface area contributed by atoms with Crippen LogP contribution in [0.3, 0.4) is 0 Å². The molecule has 1 N–H and O–H groups in total. The van der Waals surface area contributed by atoms with E-state index in [-0.39, 0.29) is 6.61 Å². The zero-order chi connectivity index (χ0) is 13.5. The van der Waals surface area contributed by atoms with Crippen LogP contribution in [0.1, 0.15) is 30.1 Å². The fourth-order valence-electron chi connectivity index (χ4n) is 2.55. The highest BCUT2D eigenvalue weighted by Crippen LogP contribution is 2.39. The molecule has 1 aromatic carbocycles. The predicted octanol–water partition coefficient (Wildman–Crippen LogP) is 2.79. The van der Waals surface area contributed by atoms with Crippen LogP contribution >= 0.6 is 0 Å². The number of hydrogen-bond acceptors (Lipinski definition) is 3. The van der Waals surface area contributed by atoms with Gasteiger partial charge in [0.1, 0.15) is 0 Å². The summed E-state index contributed by atoms with van der Waals surface area (Å²) in [6.07, 6.45) is 4.49. The summed E-state index contributed by atoms with van der Waals surface area (Å²) in [6, 6.07) is 12.0. The molecule has 0 unspecified atom stereocenters. The van der Waals surface area contributed by atoms with Crippen molar-refractivity contribution in [3.05, 3.63) is 54.0 Å². The van der Waals surface area contributed by atoms with Gasteiger partial charge in [0.25, 0.3) is 0 Å². The minimum absolute atomic E-state index is 0.0609. The number of aromatic nitrogens is 3. The molecule has 4 rings (SSSR count). The van der Waals surface area contributed by atoms with Gasteiger partial charge in [-0.1, -0.05) is 18.2 Å². The molecule has 1 aliphatic carbocycles. The molecule has 1 saturated carbocycles. The lowest BCUT2D eigenvalue weighted by molar-refractivity contribution is 0.277. The highest BCUT2D eigenvalue weighted by atomic mass is 16.3. The molecule has 0 spiro atoms. The van der Waals surface area contributed by atoms with Gasteiger partial charge in [-0.05, 0) is 31.0 Å². The zero-order valence-corrected chi connectivity index (χ0v) is 11.0. The Morgan fingerprint density at radius 2 is 2.05 bits per heavy atom. The van der Waals surface area contributed by atoms with Crippen LogP contribution in [0.2, 0.25) is 0 Å². The number of para-hydroxylation sites is 1. The number of hydrogen-bond donors (Lipinski definition) is 1. The number of rotatable bonds is 3. The third kappa shape index (κ3) is 1.89. The summed E-state index contributed by atoms with van der Waals surface area (Å²) < 4.78 is 1.90. The number of pyridine rings is 1. The Morgan fingerprint density at radius 3 is 2.85 bits per heavy atom. The van der Waals surface area contributed by atoms with Crippen molar-refractivity contribution in [2.24, 2.45) is 0 Å². The monoisotopic (exact) mass is 265 g/mol. The Kier molecular flexibility index (Phi) is 2.57. The second kappa shape index (κ2) is 4.42.